The number of halogens is 7. The molecule has 1 heterocycles. The molecule has 0 aliphatic heterocycles. The van der Waals surface area contributed by atoms with Crippen LogP contribution in [0, 0.1) is 5.82 Å². The predicted molar refractivity (Wildman–Crippen MR) is 87.8 cm³/mol. The van der Waals surface area contributed by atoms with Crippen LogP contribution in [-0.2, 0) is 18.8 Å². The van der Waals surface area contributed by atoms with E-state index in [4.69, 9.17) is 4.74 Å². The first-order chi connectivity index (χ1) is 13.5. The Hall–Kier alpha value is -3.17. The van der Waals surface area contributed by atoms with Gasteiger partial charge in [-0.25, -0.2) is 14.4 Å². The Kier molecular flexibility index (Phi) is 5.45. The lowest BCUT2D eigenvalue weighted by Crippen LogP contribution is -2.09. The lowest BCUT2D eigenvalue weighted by atomic mass is 10.1. The monoisotopic (exact) mass is 416 g/mol. The van der Waals surface area contributed by atoms with Crippen molar-refractivity contribution in [1.82, 2.24) is 9.97 Å². The predicted octanol–water partition coefficient (Wildman–Crippen LogP) is 6.04. The van der Waals surface area contributed by atoms with Gasteiger partial charge in [0.2, 0.25) is 5.88 Å². The van der Waals surface area contributed by atoms with Crippen molar-refractivity contribution < 1.29 is 35.5 Å². The molecule has 0 radical (unpaired) electrons. The second-order valence-corrected chi connectivity index (χ2v) is 5.96. The molecular weight excluding hydrogens is 405 g/mol. The molecule has 3 rings (SSSR count). The van der Waals surface area contributed by atoms with Gasteiger partial charge in [-0.3, -0.25) is 0 Å². The maximum absolute atomic E-state index is 13.4. The van der Waals surface area contributed by atoms with E-state index in [1.54, 1.807) is 0 Å². The average molecular weight is 416 g/mol. The Balaban J connectivity index is 1.81. The summed E-state index contributed by atoms with van der Waals surface area (Å²) in [5.74, 6) is -1.60. The fourth-order valence-electron chi connectivity index (χ4n) is 2.49. The van der Waals surface area contributed by atoms with Crippen molar-refractivity contribution in [2.45, 2.75) is 18.8 Å². The van der Waals surface area contributed by atoms with E-state index in [2.05, 4.69) is 9.97 Å². The molecule has 2 aromatic carbocycles. The number of benzene rings is 2. The third kappa shape index (κ3) is 5.21. The number of hydrogen-bond donors (Lipinski definition) is 0. The molecule has 0 N–H and O–H groups in total. The van der Waals surface area contributed by atoms with Crippen LogP contribution in [0.2, 0.25) is 0 Å². The largest absolute Gasteiger partial charge is 0.439 e. The zero-order chi connectivity index (χ0) is 21.2. The summed E-state index contributed by atoms with van der Waals surface area (Å²) >= 11 is 0. The van der Waals surface area contributed by atoms with Crippen molar-refractivity contribution >= 4 is 0 Å². The van der Waals surface area contributed by atoms with Crippen LogP contribution in [0.4, 0.5) is 30.7 Å². The number of nitrogens with zero attached hydrogens (tertiary/aromatic N) is 2. The van der Waals surface area contributed by atoms with Crippen LogP contribution in [0.5, 0.6) is 11.6 Å². The van der Waals surface area contributed by atoms with E-state index < -0.39 is 29.3 Å². The van der Waals surface area contributed by atoms with Gasteiger partial charge in [-0.15, -0.1) is 0 Å². The molecule has 10 heteroatoms. The molecule has 29 heavy (non-hydrogen) atoms. The summed E-state index contributed by atoms with van der Waals surface area (Å²) < 4.78 is 95.5. The molecule has 0 saturated carbocycles. The van der Waals surface area contributed by atoms with Gasteiger partial charge in [0.25, 0.3) is 0 Å². The van der Waals surface area contributed by atoms with Gasteiger partial charge < -0.3 is 4.74 Å². The Morgan fingerprint density at radius 3 is 2.28 bits per heavy atom. The maximum Gasteiger partial charge on any atom is 0.419 e. The van der Waals surface area contributed by atoms with Crippen LogP contribution in [0.3, 0.4) is 0 Å². The Morgan fingerprint density at radius 1 is 0.828 bits per heavy atom. The number of hydrogen-bond acceptors (Lipinski definition) is 3. The molecule has 3 nitrogen and oxygen atoms in total. The highest BCUT2D eigenvalue weighted by Gasteiger charge is 2.34. The van der Waals surface area contributed by atoms with E-state index in [1.807, 2.05) is 0 Å². The third-order valence-electron chi connectivity index (χ3n) is 3.80. The molecule has 0 bridgehead atoms. The van der Waals surface area contributed by atoms with E-state index in [0.29, 0.717) is 12.1 Å². The third-order valence-corrected chi connectivity index (χ3v) is 3.80. The molecule has 0 spiro atoms. The minimum Gasteiger partial charge on any atom is -0.439 e. The molecule has 152 valence electrons. The van der Waals surface area contributed by atoms with Crippen LogP contribution in [0.15, 0.2) is 54.9 Å². The van der Waals surface area contributed by atoms with Gasteiger partial charge in [0.15, 0.2) is 0 Å². The van der Waals surface area contributed by atoms with E-state index in [1.165, 1.54) is 18.2 Å². The van der Waals surface area contributed by atoms with E-state index >= 15 is 0 Å². The van der Waals surface area contributed by atoms with Crippen LogP contribution in [0.25, 0.3) is 0 Å². The fraction of sp³-hybridized carbons (Fsp3) is 0.158. The highest BCUT2D eigenvalue weighted by atomic mass is 19.4. The summed E-state index contributed by atoms with van der Waals surface area (Å²) in [5.41, 5.74) is -1.93. The Bertz CT molecular complexity index is 1020. The fourth-order valence-corrected chi connectivity index (χ4v) is 2.49. The molecular formula is C19H11F7N2O. The molecule has 0 atom stereocenters. The van der Waals surface area contributed by atoms with Crippen molar-refractivity contribution in [3.8, 4) is 11.6 Å². The normalized spacial score (nSPS) is 12.1. The lowest BCUT2D eigenvalue weighted by Gasteiger charge is -2.11. The standard InChI is InChI=1S/C19H11F7N2O/c20-16-5-4-11(7-15(16)19(24,25)26)6-13-9-17(28-10-27-13)29-14-3-1-2-12(8-14)18(21,22)23/h1-5,7-10H,6H2. The lowest BCUT2D eigenvalue weighted by molar-refractivity contribution is -0.140. The first-order valence-electron chi connectivity index (χ1n) is 8.04. The smallest absolute Gasteiger partial charge is 0.419 e. The molecule has 3 aromatic rings. The summed E-state index contributed by atoms with van der Waals surface area (Å²) in [6, 6.07) is 7.97. The van der Waals surface area contributed by atoms with Gasteiger partial charge in [0.05, 0.1) is 16.8 Å². The van der Waals surface area contributed by atoms with Gasteiger partial charge in [-0.2, -0.15) is 26.3 Å². The van der Waals surface area contributed by atoms with Crippen molar-refractivity contribution in [1.29, 1.82) is 0 Å². The quantitative estimate of drug-likeness (QED) is 0.487. The van der Waals surface area contributed by atoms with E-state index in [0.717, 1.165) is 24.5 Å². The van der Waals surface area contributed by atoms with Gasteiger partial charge >= 0.3 is 12.4 Å². The molecule has 1 aromatic heterocycles. The van der Waals surface area contributed by atoms with Crippen molar-refractivity contribution in [3.05, 3.63) is 83.1 Å². The van der Waals surface area contributed by atoms with Crippen molar-refractivity contribution in [2.24, 2.45) is 0 Å². The van der Waals surface area contributed by atoms with Crippen LogP contribution < -0.4 is 4.74 Å². The summed E-state index contributed by atoms with van der Waals surface area (Å²) in [4.78, 5) is 7.69. The first kappa shape index (κ1) is 20.6. The second-order valence-electron chi connectivity index (χ2n) is 5.96. The van der Waals surface area contributed by atoms with Gasteiger partial charge in [0.1, 0.15) is 17.9 Å². The van der Waals surface area contributed by atoms with Crippen LogP contribution >= 0.6 is 0 Å². The van der Waals surface area contributed by atoms with Gasteiger partial charge in [0, 0.05) is 12.5 Å². The Labute approximate surface area is 159 Å². The van der Waals surface area contributed by atoms with Crippen LogP contribution in [0.1, 0.15) is 22.4 Å². The molecule has 0 amide bonds. The summed E-state index contributed by atoms with van der Waals surface area (Å²) in [6.45, 7) is 0. The van der Waals surface area contributed by atoms with Crippen molar-refractivity contribution in [3.63, 3.8) is 0 Å². The number of aromatic nitrogens is 2. The summed E-state index contributed by atoms with van der Waals surface area (Å²) in [6.07, 6.45) is -8.42. The minimum absolute atomic E-state index is 0.0903. The number of ether oxygens (including phenoxy) is 1. The highest BCUT2D eigenvalue weighted by Crippen LogP contribution is 2.33. The second kappa shape index (κ2) is 7.69. The molecule has 0 saturated heterocycles. The van der Waals surface area contributed by atoms with Gasteiger partial charge in [-0.05, 0) is 35.9 Å². The topological polar surface area (TPSA) is 35.0 Å². The molecule has 0 aliphatic rings. The summed E-state index contributed by atoms with van der Waals surface area (Å²) in [7, 11) is 0. The first-order valence-corrected chi connectivity index (χ1v) is 8.04. The van der Waals surface area contributed by atoms with E-state index in [9.17, 15) is 30.7 Å². The van der Waals surface area contributed by atoms with E-state index in [-0.39, 0.29) is 29.3 Å². The molecule has 0 aliphatic carbocycles. The number of alkyl halides is 6. The molecule has 0 unspecified atom stereocenters. The SMILES string of the molecule is Fc1ccc(Cc2cc(Oc3cccc(C(F)(F)F)c3)ncn2)cc1C(F)(F)F. The molecule has 0 fully saturated rings. The maximum atomic E-state index is 13.4. The highest BCUT2D eigenvalue weighted by molar-refractivity contribution is 5.34. The Morgan fingerprint density at radius 2 is 1.59 bits per heavy atom. The average Bonchev–Trinajstić information content (AvgIpc) is 2.62. The minimum atomic E-state index is -4.84. The van der Waals surface area contributed by atoms with Crippen LogP contribution in [-0.4, -0.2) is 9.97 Å². The number of rotatable bonds is 4. The van der Waals surface area contributed by atoms with Gasteiger partial charge in [-0.1, -0.05) is 12.1 Å². The zero-order valence-electron chi connectivity index (χ0n) is 14.4. The van der Waals surface area contributed by atoms with Crippen molar-refractivity contribution in [2.75, 3.05) is 0 Å². The summed E-state index contributed by atoms with van der Waals surface area (Å²) in [5, 5.41) is 0. The zero-order valence-corrected chi connectivity index (χ0v) is 14.4.